The van der Waals surface area contributed by atoms with Crippen LogP contribution in [0.15, 0.2) is 70.6 Å². The average molecular weight is 512 g/mol. The molecule has 0 atom stereocenters. The average Bonchev–Trinajstić information content (AvgIpc) is 3.11. The Morgan fingerprint density at radius 2 is 1.22 bits per heavy atom. The molecule has 0 aliphatic carbocycles. The van der Waals surface area contributed by atoms with Gasteiger partial charge in [-0.3, -0.25) is 9.98 Å². The third kappa shape index (κ3) is 6.83. The van der Waals surface area contributed by atoms with Crippen molar-refractivity contribution < 1.29 is 13.1 Å². The van der Waals surface area contributed by atoms with Crippen LogP contribution in [0, 0.1) is 6.92 Å². The zero-order valence-corrected chi connectivity index (χ0v) is 22.3. The van der Waals surface area contributed by atoms with Gasteiger partial charge in [-0.2, -0.15) is 0 Å². The van der Waals surface area contributed by atoms with Crippen LogP contribution < -0.4 is 0 Å². The van der Waals surface area contributed by atoms with Crippen LogP contribution in [0.25, 0.3) is 0 Å². The van der Waals surface area contributed by atoms with Crippen LogP contribution in [0.1, 0.15) is 57.1 Å². The second-order valence-corrected chi connectivity index (χ2v) is 10.5. The van der Waals surface area contributed by atoms with Crippen molar-refractivity contribution in [3.8, 4) is 0 Å². The molecule has 0 aliphatic heterocycles. The molecule has 0 amide bonds. The monoisotopic (exact) mass is 511 g/mol. The SMILES string of the molecule is CC(=Nc1ccccc1C)c1ccc(C(C)=Nc2ccccc2C(C)(C)C)n1C.[Cl][Fe][Cl]. The number of aryl methyl sites for hydroxylation is 1. The minimum atomic E-state index is 0.0521. The molecule has 1 aromatic heterocycles. The Hall–Kier alpha value is -1.84. The minimum absolute atomic E-state index is 0.0521. The van der Waals surface area contributed by atoms with Crippen molar-refractivity contribution in [2.75, 3.05) is 0 Å². The van der Waals surface area contributed by atoms with E-state index in [0.29, 0.717) is 0 Å². The molecule has 0 aliphatic rings. The molecular formula is C26H31Cl2FeN3. The van der Waals surface area contributed by atoms with E-state index in [0.717, 1.165) is 34.2 Å². The Labute approximate surface area is 207 Å². The van der Waals surface area contributed by atoms with E-state index in [1.54, 1.807) is 0 Å². The van der Waals surface area contributed by atoms with Gasteiger partial charge in [0.2, 0.25) is 0 Å². The molecule has 0 radical (unpaired) electrons. The Balaban J connectivity index is 0.00000114. The Morgan fingerprint density at radius 3 is 1.72 bits per heavy atom. The first-order chi connectivity index (χ1) is 15.1. The van der Waals surface area contributed by atoms with Crippen LogP contribution in [-0.2, 0) is 25.6 Å². The summed E-state index contributed by atoms with van der Waals surface area (Å²) in [5.41, 5.74) is 8.73. The van der Waals surface area contributed by atoms with Crippen molar-refractivity contribution in [2.24, 2.45) is 17.0 Å². The second-order valence-electron chi connectivity index (χ2n) is 8.66. The van der Waals surface area contributed by atoms with Crippen LogP contribution in [0.3, 0.4) is 0 Å². The number of hydrogen-bond donors (Lipinski definition) is 0. The predicted octanol–water partition coefficient (Wildman–Crippen LogP) is 8.29. The van der Waals surface area contributed by atoms with Crippen molar-refractivity contribution in [3.05, 3.63) is 83.2 Å². The molecule has 1 heterocycles. The Morgan fingerprint density at radius 1 is 0.781 bits per heavy atom. The molecule has 6 heteroatoms. The number of aliphatic imine (C=N–C) groups is 2. The van der Waals surface area contributed by atoms with Crippen molar-refractivity contribution in [1.29, 1.82) is 0 Å². The fraction of sp³-hybridized carbons (Fsp3) is 0.308. The number of para-hydroxylation sites is 2. The summed E-state index contributed by atoms with van der Waals surface area (Å²) in [6, 6.07) is 20.9. The molecule has 0 saturated heterocycles. The van der Waals surface area contributed by atoms with Crippen LogP contribution in [0.2, 0.25) is 0 Å². The van der Waals surface area contributed by atoms with Gasteiger partial charge in [0, 0.05) is 7.05 Å². The van der Waals surface area contributed by atoms with E-state index in [1.807, 2.05) is 12.1 Å². The van der Waals surface area contributed by atoms with Crippen molar-refractivity contribution in [3.63, 3.8) is 0 Å². The van der Waals surface area contributed by atoms with Gasteiger partial charge in [-0.25, -0.2) is 0 Å². The number of aromatic nitrogens is 1. The van der Waals surface area contributed by atoms with Crippen LogP contribution in [-0.4, -0.2) is 16.0 Å². The zero-order chi connectivity index (χ0) is 23.9. The molecule has 0 bridgehead atoms. The molecule has 2 aromatic carbocycles. The van der Waals surface area contributed by atoms with Gasteiger partial charge in [0.15, 0.2) is 0 Å². The summed E-state index contributed by atoms with van der Waals surface area (Å²) in [6.07, 6.45) is 0. The fourth-order valence-electron chi connectivity index (χ4n) is 3.61. The molecule has 3 nitrogen and oxygen atoms in total. The van der Waals surface area contributed by atoms with E-state index in [1.165, 1.54) is 11.1 Å². The van der Waals surface area contributed by atoms with Gasteiger partial charge in [0.05, 0.1) is 34.2 Å². The normalized spacial score (nSPS) is 12.5. The molecule has 172 valence electrons. The number of nitrogens with zero attached hydrogens (tertiary/aromatic N) is 3. The molecule has 3 aromatic rings. The van der Waals surface area contributed by atoms with E-state index in [-0.39, 0.29) is 18.5 Å². The Kier molecular flexibility index (Phi) is 9.79. The van der Waals surface area contributed by atoms with Crippen LogP contribution in [0.4, 0.5) is 11.4 Å². The van der Waals surface area contributed by atoms with Gasteiger partial charge in [-0.15, -0.1) is 0 Å². The molecule has 32 heavy (non-hydrogen) atoms. The van der Waals surface area contributed by atoms with Crippen LogP contribution in [0.5, 0.6) is 0 Å². The number of rotatable bonds is 4. The van der Waals surface area contributed by atoms with Crippen molar-refractivity contribution >= 4 is 43.0 Å². The topological polar surface area (TPSA) is 29.6 Å². The van der Waals surface area contributed by atoms with E-state index in [2.05, 4.69) is 102 Å². The summed E-state index contributed by atoms with van der Waals surface area (Å²) in [5, 5.41) is 0. The summed E-state index contributed by atoms with van der Waals surface area (Å²) < 4.78 is 2.18. The summed E-state index contributed by atoms with van der Waals surface area (Å²) in [5.74, 6) is 0. The summed E-state index contributed by atoms with van der Waals surface area (Å²) in [6.45, 7) is 12.9. The molecule has 0 spiro atoms. The van der Waals surface area contributed by atoms with Crippen molar-refractivity contribution in [1.82, 2.24) is 4.57 Å². The zero-order valence-electron chi connectivity index (χ0n) is 19.7. The molecule has 0 saturated carbocycles. The van der Waals surface area contributed by atoms with E-state index >= 15 is 0 Å². The predicted molar refractivity (Wildman–Crippen MR) is 137 cm³/mol. The Bertz CT molecular complexity index is 1110. The second kappa shape index (κ2) is 11.9. The van der Waals surface area contributed by atoms with Gasteiger partial charge in [-0.05, 0) is 61.6 Å². The van der Waals surface area contributed by atoms with E-state index in [4.69, 9.17) is 30.2 Å². The molecule has 0 unspecified atom stereocenters. The quantitative estimate of drug-likeness (QED) is 0.249. The number of benzene rings is 2. The van der Waals surface area contributed by atoms with Gasteiger partial charge in [0.1, 0.15) is 0 Å². The molecule has 0 N–H and O–H groups in total. The molecule has 3 rings (SSSR count). The molecular weight excluding hydrogens is 481 g/mol. The van der Waals surface area contributed by atoms with Crippen molar-refractivity contribution in [2.45, 2.75) is 47.0 Å². The van der Waals surface area contributed by atoms with E-state index < -0.39 is 0 Å². The third-order valence-electron chi connectivity index (χ3n) is 5.27. The van der Waals surface area contributed by atoms with Gasteiger partial charge < -0.3 is 4.57 Å². The number of halogens is 2. The summed E-state index contributed by atoms with van der Waals surface area (Å²) in [4.78, 5) is 9.83. The maximum atomic E-state index is 4.98. The maximum absolute atomic E-state index is 4.98. The fourth-order valence-corrected chi connectivity index (χ4v) is 3.61. The summed E-state index contributed by atoms with van der Waals surface area (Å²) >= 11 is 0.194. The first kappa shape index (κ1) is 26.4. The molecule has 0 fully saturated rings. The standard InChI is InChI=1S/C26H31N3.2ClH.Fe/c1-18-12-8-10-14-22(18)27-19(2)24-16-17-25(29(24)7)20(3)28-23-15-11-9-13-21(23)26(4,5)6;;;/h8-17H,1-7H3;2*1H;/q;;;+2/p-2. The van der Waals surface area contributed by atoms with Gasteiger partial charge in [-0.1, -0.05) is 57.2 Å². The number of hydrogen-bond acceptors (Lipinski definition) is 2. The van der Waals surface area contributed by atoms with E-state index in [9.17, 15) is 0 Å². The van der Waals surface area contributed by atoms with Gasteiger partial charge >= 0.3 is 33.3 Å². The first-order valence-corrected chi connectivity index (χ1v) is 13.4. The summed E-state index contributed by atoms with van der Waals surface area (Å²) in [7, 11) is 11.6. The van der Waals surface area contributed by atoms with Crippen LogP contribution >= 0.6 is 20.2 Å². The first-order valence-electron chi connectivity index (χ1n) is 10.4. The third-order valence-corrected chi connectivity index (χ3v) is 5.27. The van der Waals surface area contributed by atoms with Gasteiger partial charge in [0.25, 0.3) is 0 Å².